The number of nitrogens with zero attached hydrogens (tertiary/aromatic N) is 1. The molecule has 0 aliphatic carbocycles. The number of likely N-dealkylation sites (N-methyl/N-ethyl adjacent to an activating group) is 1. The van der Waals surface area contributed by atoms with Crippen LogP contribution >= 0.6 is 0 Å². The molecule has 22 heavy (non-hydrogen) atoms. The lowest BCUT2D eigenvalue weighted by Gasteiger charge is -2.23. The molecule has 0 unspecified atom stereocenters. The first-order chi connectivity index (χ1) is 10.5. The number of hydrogen-bond acceptors (Lipinski definition) is 4. The van der Waals surface area contributed by atoms with Gasteiger partial charge in [0.25, 0.3) is 0 Å². The molecule has 1 aromatic rings. The summed E-state index contributed by atoms with van der Waals surface area (Å²) in [5, 5.41) is 0. The molecule has 1 fully saturated rings. The Kier molecular flexibility index (Phi) is 5.61. The van der Waals surface area contributed by atoms with Crippen LogP contribution in [0.4, 0.5) is 0 Å². The first-order valence-corrected chi connectivity index (χ1v) is 7.85. The summed E-state index contributed by atoms with van der Waals surface area (Å²) in [5.41, 5.74) is 1.83. The lowest BCUT2D eigenvalue weighted by molar-refractivity contribution is -0.117. The van der Waals surface area contributed by atoms with Crippen molar-refractivity contribution in [2.45, 2.75) is 33.3 Å². The second-order valence-corrected chi connectivity index (χ2v) is 5.89. The number of benzene rings is 1. The minimum Gasteiger partial charge on any atom is -0.490 e. The molecule has 2 rings (SSSR count). The molecule has 0 aromatic heterocycles. The summed E-state index contributed by atoms with van der Waals surface area (Å²) >= 11 is 0. The van der Waals surface area contributed by atoms with Gasteiger partial charge in [-0.3, -0.25) is 4.79 Å². The van der Waals surface area contributed by atoms with Gasteiger partial charge in [0.15, 0.2) is 17.3 Å². The van der Waals surface area contributed by atoms with Crippen LogP contribution in [0.2, 0.25) is 0 Å². The summed E-state index contributed by atoms with van der Waals surface area (Å²) in [6.45, 7) is 8.04. The van der Waals surface area contributed by atoms with Gasteiger partial charge in [0, 0.05) is 25.1 Å². The van der Waals surface area contributed by atoms with Crippen LogP contribution < -0.4 is 9.47 Å². The van der Waals surface area contributed by atoms with E-state index in [0.717, 1.165) is 29.2 Å². The van der Waals surface area contributed by atoms with Crippen LogP contribution in [0.1, 0.15) is 32.8 Å². The van der Waals surface area contributed by atoms with Crippen molar-refractivity contribution in [3.8, 4) is 11.5 Å². The Balaban J connectivity index is 2.27. The molecule has 4 heteroatoms. The molecule has 120 valence electrons. The molecule has 1 saturated heterocycles. The lowest BCUT2D eigenvalue weighted by atomic mass is 10.0. The van der Waals surface area contributed by atoms with Gasteiger partial charge in [-0.25, -0.2) is 0 Å². The maximum absolute atomic E-state index is 12.0. The smallest absolute Gasteiger partial charge is 0.161 e. The van der Waals surface area contributed by atoms with Gasteiger partial charge in [-0.1, -0.05) is 6.07 Å². The first-order valence-electron chi connectivity index (χ1n) is 7.85. The number of hydrogen-bond donors (Lipinski definition) is 0. The van der Waals surface area contributed by atoms with Gasteiger partial charge in [-0.2, -0.15) is 0 Å². The van der Waals surface area contributed by atoms with Crippen LogP contribution in [0.3, 0.4) is 0 Å². The van der Waals surface area contributed by atoms with E-state index in [4.69, 9.17) is 9.47 Å². The Labute approximate surface area is 132 Å². The largest absolute Gasteiger partial charge is 0.490 e. The molecule has 0 amide bonds. The van der Waals surface area contributed by atoms with Crippen LogP contribution in [0.15, 0.2) is 23.8 Å². The van der Waals surface area contributed by atoms with Crippen LogP contribution in [0.25, 0.3) is 6.08 Å². The monoisotopic (exact) mass is 303 g/mol. The number of piperidine rings is 1. The van der Waals surface area contributed by atoms with Gasteiger partial charge in [0.05, 0.1) is 12.7 Å². The number of ether oxygens (including phenoxy) is 2. The Bertz CT molecular complexity index is 563. The van der Waals surface area contributed by atoms with Crippen molar-refractivity contribution in [2.75, 3.05) is 26.7 Å². The zero-order chi connectivity index (χ0) is 16.1. The molecular weight excluding hydrogens is 278 g/mol. The van der Waals surface area contributed by atoms with Crippen molar-refractivity contribution < 1.29 is 14.3 Å². The first kappa shape index (κ1) is 16.6. The Morgan fingerprint density at radius 3 is 2.77 bits per heavy atom. The predicted octanol–water partition coefficient (Wildman–Crippen LogP) is 3.16. The van der Waals surface area contributed by atoms with Crippen LogP contribution in [-0.2, 0) is 4.79 Å². The summed E-state index contributed by atoms with van der Waals surface area (Å²) in [7, 11) is 2.03. The van der Waals surface area contributed by atoms with Gasteiger partial charge in [0.2, 0.25) is 0 Å². The number of carbonyl (C=O) groups excluding carboxylic acids is 1. The molecule has 0 spiro atoms. The molecule has 1 heterocycles. The molecule has 0 bridgehead atoms. The molecule has 1 aliphatic rings. The molecule has 0 N–H and O–H groups in total. The van der Waals surface area contributed by atoms with Crippen molar-refractivity contribution in [1.82, 2.24) is 4.90 Å². The van der Waals surface area contributed by atoms with Crippen molar-refractivity contribution in [2.24, 2.45) is 0 Å². The molecule has 0 atom stereocenters. The Hall–Kier alpha value is -1.81. The maximum atomic E-state index is 12.0. The van der Waals surface area contributed by atoms with E-state index in [2.05, 4.69) is 4.90 Å². The summed E-state index contributed by atoms with van der Waals surface area (Å²) in [6, 6.07) is 5.82. The summed E-state index contributed by atoms with van der Waals surface area (Å²) in [4.78, 5) is 14.2. The SMILES string of the molecule is CCOc1cc(/C=C2\CN(C)CCC2=O)ccc1OC(C)C. The van der Waals surface area contributed by atoms with Gasteiger partial charge >= 0.3 is 0 Å². The Morgan fingerprint density at radius 2 is 2.09 bits per heavy atom. The van der Waals surface area contributed by atoms with Crippen molar-refractivity contribution >= 4 is 11.9 Å². The number of likely N-dealkylation sites (tertiary alicyclic amines) is 1. The molecule has 4 nitrogen and oxygen atoms in total. The van der Waals surface area contributed by atoms with Crippen molar-refractivity contribution in [3.05, 3.63) is 29.3 Å². The van der Waals surface area contributed by atoms with E-state index < -0.39 is 0 Å². The van der Waals surface area contributed by atoms with Crippen molar-refractivity contribution in [3.63, 3.8) is 0 Å². The van der Waals surface area contributed by atoms with E-state index in [1.807, 2.05) is 52.1 Å². The van der Waals surface area contributed by atoms with Gasteiger partial charge in [-0.05, 0) is 51.6 Å². The molecule has 1 aromatic carbocycles. The predicted molar refractivity (Wildman–Crippen MR) is 88.5 cm³/mol. The summed E-state index contributed by atoms with van der Waals surface area (Å²) < 4.78 is 11.4. The molecular formula is C18H25NO3. The zero-order valence-electron chi connectivity index (χ0n) is 13.9. The topological polar surface area (TPSA) is 38.8 Å². The van der Waals surface area contributed by atoms with Gasteiger partial charge in [-0.15, -0.1) is 0 Å². The normalized spacial score (nSPS) is 18.0. The quantitative estimate of drug-likeness (QED) is 0.783. The van der Waals surface area contributed by atoms with E-state index in [-0.39, 0.29) is 11.9 Å². The second kappa shape index (κ2) is 7.45. The average Bonchev–Trinajstić information content (AvgIpc) is 2.45. The highest BCUT2D eigenvalue weighted by Gasteiger charge is 2.18. The van der Waals surface area contributed by atoms with E-state index >= 15 is 0 Å². The number of carbonyl (C=O) groups is 1. The summed E-state index contributed by atoms with van der Waals surface area (Å²) in [6.07, 6.45) is 2.64. The third-order valence-corrected chi connectivity index (χ3v) is 3.49. The van der Waals surface area contributed by atoms with E-state index in [9.17, 15) is 4.79 Å². The fourth-order valence-corrected chi connectivity index (χ4v) is 2.47. The van der Waals surface area contributed by atoms with E-state index in [1.165, 1.54) is 0 Å². The Morgan fingerprint density at radius 1 is 1.32 bits per heavy atom. The number of ketones is 1. The minimum absolute atomic E-state index is 0.0944. The van der Waals surface area contributed by atoms with E-state index in [0.29, 0.717) is 19.6 Å². The molecule has 1 aliphatic heterocycles. The second-order valence-electron chi connectivity index (χ2n) is 5.89. The minimum atomic E-state index is 0.0944. The third kappa shape index (κ3) is 4.34. The van der Waals surface area contributed by atoms with Gasteiger partial charge in [0.1, 0.15) is 0 Å². The van der Waals surface area contributed by atoms with Crippen LogP contribution in [0, 0.1) is 0 Å². The summed E-state index contributed by atoms with van der Waals surface area (Å²) in [5.74, 6) is 1.70. The fourth-order valence-electron chi connectivity index (χ4n) is 2.47. The fraction of sp³-hybridized carbons (Fsp3) is 0.500. The number of rotatable bonds is 5. The highest BCUT2D eigenvalue weighted by Crippen LogP contribution is 2.30. The maximum Gasteiger partial charge on any atom is 0.161 e. The highest BCUT2D eigenvalue weighted by molar-refractivity contribution is 6.00. The molecule has 0 radical (unpaired) electrons. The van der Waals surface area contributed by atoms with Crippen LogP contribution in [-0.4, -0.2) is 43.5 Å². The number of Topliss-reactive ketones (excluding diaryl/α,β-unsaturated/α-hetero) is 1. The lowest BCUT2D eigenvalue weighted by Crippen LogP contribution is -2.32. The highest BCUT2D eigenvalue weighted by atomic mass is 16.5. The molecule has 0 saturated carbocycles. The van der Waals surface area contributed by atoms with Crippen molar-refractivity contribution in [1.29, 1.82) is 0 Å². The van der Waals surface area contributed by atoms with Crippen LogP contribution in [0.5, 0.6) is 11.5 Å². The third-order valence-electron chi connectivity index (χ3n) is 3.49. The zero-order valence-corrected chi connectivity index (χ0v) is 13.9. The standard InChI is InChI=1S/C18H25NO3/c1-5-21-18-11-14(6-7-17(18)22-13(2)3)10-15-12-19(4)9-8-16(15)20/h6-7,10-11,13H,5,8-9,12H2,1-4H3/b15-10+. The average molecular weight is 303 g/mol. The van der Waals surface area contributed by atoms with Gasteiger partial charge < -0.3 is 14.4 Å². The van der Waals surface area contributed by atoms with E-state index in [1.54, 1.807) is 0 Å².